The molecule has 0 unspecified atom stereocenters. The van der Waals surface area contributed by atoms with E-state index in [1.165, 1.54) is 0 Å². The van der Waals surface area contributed by atoms with Gasteiger partial charge in [-0.1, -0.05) is 72.3 Å². The Morgan fingerprint density at radius 3 is 1.96 bits per heavy atom. The van der Waals surface area contributed by atoms with Gasteiger partial charge in [0.15, 0.2) is 7.14 Å². The van der Waals surface area contributed by atoms with Gasteiger partial charge >= 0.3 is 0 Å². The van der Waals surface area contributed by atoms with Gasteiger partial charge in [0.25, 0.3) is 5.91 Å². The minimum Gasteiger partial charge on any atom is -0.364 e. The van der Waals surface area contributed by atoms with Gasteiger partial charge in [-0.05, 0) is 18.2 Å². The van der Waals surface area contributed by atoms with Crippen molar-refractivity contribution in [2.75, 3.05) is 0 Å². The van der Waals surface area contributed by atoms with Crippen LogP contribution in [0.15, 0.2) is 78.9 Å². The van der Waals surface area contributed by atoms with Crippen molar-refractivity contribution in [2.45, 2.75) is 0 Å². The summed E-state index contributed by atoms with van der Waals surface area (Å²) >= 11 is 6.20. The number of H-pyrrole nitrogens is 1. The van der Waals surface area contributed by atoms with Crippen LogP contribution in [0.25, 0.3) is 10.9 Å². The SMILES string of the molecule is NC(=O)c1[nH]c2ccc(Cl)cc2c1P(=O)(c1ccccc1)c1ccccc1. The van der Waals surface area contributed by atoms with E-state index < -0.39 is 13.0 Å². The summed E-state index contributed by atoms with van der Waals surface area (Å²) in [4.78, 5) is 15.3. The van der Waals surface area contributed by atoms with Gasteiger partial charge in [0, 0.05) is 26.5 Å². The smallest absolute Gasteiger partial charge is 0.265 e. The van der Waals surface area contributed by atoms with Crippen molar-refractivity contribution in [3.05, 3.63) is 89.6 Å². The molecule has 4 nitrogen and oxygen atoms in total. The van der Waals surface area contributed by atoms with Crippen LogP contribution < -0.4 is 21.6 Å². The molecule has 3 aromatic carbocycles. The second-order valence-electron chi connectivity index (χ2n) is 6.18. The van der Waals surface area contributed by atoms with Gasteiger partial charge in [-0.25, -0.2) is 0 Å². The van der Waals surface area contributed by atoms with Crippen LogP contribution in [0.3, 0.4) is 0 Å². The Balaban J connectivity index is 2.17. The first kappa shape index (κ1) is 17.6. The first-order valence-electron chi connectivity index (χ1n) is 8.34. The molecule has 134 valence electrons. The predicted molar refractivity (Wildman–Crippen MR) is 111 cm³/mol. The van der Waals surface area contributed by atoms with Gasteiger partial charge in [0.1, 0.15) is 5.69 Å². The second-order valence-corrected chi connectivity index (χ2v) is 9.32. The molecule has 0 fully saturated rings. The van der Waals surface area contributed by atoms with Crippen LogP contribution in [0, 0.1) is 0 Å². The summed E-state index contributed by atoms with van der Waals surface area (Å²) in [7, 11) is -3.38. The number of nitrogens with one attached hydrogen (secondary N) is 1. The van der Waals surface area contributed by atoms with Crippen LogP contribution in [0.4, 0.5) is 0 Å². The summed E-state index contributed by atoms with van der Waals surface area (Å²) in [5, 5.41) is 2.77. The fraction of sp³-hybridized carbons (Fsp3) is 0. The maximum absolute atomic E-state index is 14.7. The van der Waals surface area contributed by atoms with Crippen LogP contribution >= 0.6 is 18.7 Å². The topological polar surface area (TPSA) is 76.0 Å². The fourth-order valence-corrected chi connectivity index (χ4v) is 6.51. The number of carbonyl (C=O) groups is 1. The highest BCUT2D eigenvalue weighted by atomic mass is 35.5. The molecule has 1 aromatic heterocycles. The third-order valence-electron chi connectivity index (χ3n) is 4.53. The molecule has 0 aliphatic rings. The lowest BCUT2D eigenvalue weighted by Gasteiger charge is -2.20. The van der Waals surface area contributed by atoms with Gasteiger partial charge in [0.05, 0.1) is 5.30 Å². The Bertz CT molecular complexity index is 1140. The number of amides is 1. The minimum atomic E-state index is -3.38. The highest BCUT2D eigenvalue weighted by Gasteiger charge is 2.36. The highest BCUT2D eigenvalue weighted by molar-refractivity contribution is 7.85. The number of hydrogen-bond acceptors (Lipinski definition) is 2. The number of primary amides is 1. The Labute approximate surface area is 161 Å². The van der Waals surface area contributed by atoms with Gasteiger partial charge in [0.2, 0.25) is 0 Å². The van der Waals surface area contributed by atoms with Crippen molar-refractivity contribution >= 4 is 51.5 Å². The van der Waals surface area contributed by atoms with Crippen LogP contribution in [0.1, 0.15) is 10.5 Å². The number of aromatic amines is 1. The number of rotatable bonds is 4. The van der Waals surface area contributed by atoms with Crippen molar-refractivity contribution < 1.29 is 9.36 Å². The number of aromatic nitrogens is 1. The highest BCUT2D eigenvalue weighted by Crippen LogP contribution is 2.45. The average Bonchev–Trinajstić information content (AvgIpc) is 3.08. The van der Waals surface area contributed by atoms with Crippen molar-refractivity contribution in [1.29, 1.82) is 0 Å². The molecule has 0 aliphatic heterocycles. The van der Waals surface area contributed by atoms with Crippen LogP contribution in [-0.4, -0.2) is 10.9 Å². The van der Waals surface area contributed by atoms with Crippen LogP contribution in [0.5, 0.6) is 0 Å². The zero-order valence-electron chi connectivity index (χ0n) is 14.2. The zero-order chi connectivity index (χ0) is 19.0. The molecule has 3 N–H and O–H groups in total. The van der Waals surface area contributed by atoms with E-state index in [4.69, 9.17) is 17.3 Å². The quantitative estimate of drug-likeness (QED) is 0.519. The summed E-state index contributed by atoms with van der Waals surface area (Å²) in [5.41, 5.74) is 6.45. The van der Waals surface area contributed by atoms with E-state index in [1.54, 1.807) is 18.2 Å². The predicted octanol–water partition coefficient (Wildman–Crippen LogP) is 3.56. The summed E-state index contributed by atoms with van der Waals surface area (Å²) in [6, 6.07) is 23.5. The van der Waals surface area contributed by atoms with E-state index in [9.17, 15) is 9.36 Å². The Morgan fingerprint density at radius 2 is 1.44 bits per heavy atom. The van der Waals surface area contributed by atoms with E-state index in [0.717, 1.165) is 0 Å². The third-order valence-corrected chi connectivity index (χ3v) is 7.91. The monoisotopic (exact) mass is 394 g/mol. The lowest BCUT2D eigenvalue weighted by molar-refractivity contribution is 0.0997. The molecule has 0 spiro atoms. The summed E-state index contributed by atoms with van der Waals surface area (Å²) < 4.78 is 14.7. The molecule has 4 rings (SSSR count). The third kappa shape index (κ3) is 2.87. The summed E-state index contributed by atoms with van der Waals surface area (Å²) in [5.74, 6) is -0.663. The maximum atomic E-state index is 14.7. The van der Waals surface area contributed by atoms with Gasteiger partial charge in [-0.2, -0.15) is 0 Å². The molecule has 0 radical (unpaired) electrons. The molecule has 0 bridgehead atoms. The standard InChI is InChI=1S/C21H16ClN2O2P/c22-14-11-12-18-17(13-14)20(19(24-18)21(23)25)27(26,15-7-3-1-4-8-15)16-9-5-2-6-10-16/h1-13,24H,(H2,23,25). The molecule has 0 saturated heterocycles. The fourth-order valence-electron chi connectivity index (χ4n) is 3.34. The lowest BCUT2D eigenvalue weighted by Crippen LogP contribution is -2.30. The molecule has 0 aliphatic carbocycles. The van der Waals surface area contributed by atoms with Crippen molar-refractivity contribution in [3.63, 3.8) is 0 Å². The number of hydrogen-bond donors (Lipinski definition) is 2. The molecule has 27 heavy (non-hydrogen) atoms. The Kier molecular flexibility index (Phi) is 4.39. The minimum absolute atomic E-state index is 0.142. The van der Waals surface area contributed by atoms with Gasteiger partial charge < -0.3 is 15.3 Å². The molecular weight excluding hydrogens is 379 g/mol. The molecule has 0 atom stereocenters. The number of nitrogens with two attached hydrogens (primary N) is 1. The molecule has 1 heterocycles. The summed E-state index contributed by atoms with van der Waals surface area (Å²) in [6.07, 6.45) is 0. The maximum Gasteiger partial charge on any atom is 0.265 e. The normalized spacial score (nSPS) is 11.6. The Hall–Kier alpha value is -2.81. The zero-order valence-corrected chi connectivity index (χ0v) is 15.9. The number of fused-ring (bicyclic) bond motifs is 1. The first-order chi connectivity index (χ1) is 13.0. The average molecular weight is 395 g/mol. The first-order valence-corrected chi connectivity index (χ1v) is 10.4. The van der Waals surface area contributed by atoms with Gasteiger partial charge in [-0.3, -0.25) is 4.79 Å². The van der Waals surface area contributed by atoms with Crippen molar-refractivity contribution in [2.24, 2.45) is 5.73 Å². The van der Waals surface area contributed by atoms with E-state index in [2.05, 4.69) is 4.98 Å². The number of halogens is 1. The molecule has 0 saturated carbocycles. The van der Waals surface area contributed by atoms with E-state index in [1.807, 2.05) is 60.7 Å². The number of benzene rings is 3. The van der Waals surface area contributed by atoms with Gasteiger partial charge in [-0.15, -0.1) is 0 Å². The molecule has 1 amide bonds. The van der Waals surface area contributed by atoms with Crippen LogP contribution in [0.2, 0.25) is 5.02 Å². The molecule has 6 heteroatoms. The van der Waals surface area contributed by atoms with E-state index in [0.29, 0.717) is 31.8 Å². The largest absolute Gasteiger partial charge is 0.364 e. The van der Waals surface area contributed by atoms with Crippen molar-refractivity contribution in [3.8, 4) is 0 Å². The summed E-state index contributed by atoms with van der Waals surface area (Å²) in [6.45, 7) is 0. The molecular formula is C21H16ClN2O2P. The van der Waals surface area contributed by atoms with E-state index in [-0.39, 0.29) is 5.69 Å². The van der Waals surface area contributed by atoms with Crippen molar-refractivity contribution in [1.82, 2.24) is 4.98 Å². The number of carbonyl (C=O) groups excluding carboxylic acids is 1. The van der Waals surface area contributed by atoms with Crippen LogP contribution in [-0.2, 0) is 4.57 Å². The van der Waals surface area contributed by atoms with E-state index >= 15 is 0 Å². The Morgan fingerprint density at radius 1 is 0.889 bits per heavy atom. The lowest BCUT2D eigenvalue weighted by atomic mass is 10.2. The molecule has 4 aromatic rings. The second kappa shape index (κ2) is 6.73.